The van der Waals surface area contributed by atoms with Crippen molar-refractivity contribution in [1.29, 1.82) is 0 Å². The quantitative estimate of drug-likeness (QED) is 0.821. The first-order valence-electron chi connectivity index (χ1n) is 9.26. The lowest BCUT2D eigenvalue weighted by Gasteiger charge is -2.18. The largest absolute Gasteiger partial charge is 0.370 e. The van der Waals surface area contributed by atoms with Crippen LogP contribution in [0, 0.1) is 0 Å². The van der Waals surface area contributed by atoms with Crippen LogP contribution < -0.4 is 10.6 Å². The van der Waals surface area contributed by atoms with Crippen LogP contribution >= 0.6 is 0 Å². The zero-order valence-corrected chi connectivity index (χ0v) is 15.0. The van der Waals surface area contributed by atoms with Gasteiger partial charge >= 0.3 is 6.03 Å². The average Bonchev–Trinajstić information content (AvgIpc) is 3.29. The highest BCUT2D eigenvalue weighted by atomic mass is 16.6. The van der Waals surface area contributed by atoms with Gasteiger partial charge in [-0.1, -0.05) is 60.7 Å². The second-order valence-electron chi connectivity index (χ2n) is 6.85. The van der Waals surface area contributed by atoms with Crippen LogP contribution in [0.3, 0.4) is 0 Å². The number of nitrogens with one attached hydrogen (secondary N) is 2. The monoisotopic (exact) mass is 368 g/mol. The zero-order chi connectivity index (χ0) is 18.5. The third kappa shape index (κ3) is 4.47. The molecule has 2 aromatic rings. The van der Waals surface area contributed by atoms with Gasteiger partial charge in [0.2, 0.25) is 0 Å². The lowest BCUT2D eigenvalue weighted by atomic mass is 10.1. The molecule has 2 N–H and O–H groups in total. The molecular formula is C21H24N2O4. The maximum absolute atomic E-state index is 12.2. The van der Waals surface area contributed by atoms with Gasteiger partial charge in [-0.25, -0.2) is 4.79 Å². The van der Waals surface area contributed by atoms with Crippen LogP contribution in [0.5, 0.6) is 0 Å². The van der Waals surface area contributed by atoms with Crippen molar-refractivity contribution >= 4 is 6.03 Å². The molecule has 0 aromatic heterocycles. The van der Waals surface area contributed by atoms with Gasteiger partial charge in [-0.15, -0.1) is 0 Å². The Labute approximate surface area is 158 Å². The molecule has 0 saturated carbocycles. The Kier molecular flexibility index (Phi) is 5.67. The first-order chi connectivity index (χ1) is 13.3. The molecule has 0 bridgehead atoms. The van der Waals surface area contributed by atoms with Crippen molar-refractivity contribution in [3.05, 3.63) is 71.8 Å². The predicted octanol–water partition coefficient (Wildman–Crippen LogP) is 2.24. The van der Waals surface area contributed by atoms with Gasteiger partial charge in [0.15, 0.2) is 0 Å². The van der Waals surface area contributed by atoms with E-state index in [-0.39, 0.29) is 30.4 Å². The Hall–Kier alpha value is -2.41. The van der Waals surface area contributed by atoms with E-state index in [2.05, 4.69) is 10.6 Å². The molecular weight excluding hydrogens is 344 g/mol. The van der Waals surface area contributed by atoms with Gasteiger partial charge in [-0.2, -0.15) is 0 Å². The third-order valence-electron chi connectivity index (χ3n) is 4.93. The van der Waals surface area contributed by atoms with Gasteiger partial charge in [0.05, 0.1) is 25.9 Å². The minimum absolute atomic E-state index is 0.116. The van der Waals surface area contributed by atoms with E-state index in [4.69, 9.17) is 14.2 Å². The first kappa shape index (κ1) is 18.0. The summed E-state index contributed by atoms with van der Waals surface area (Å²) in [5.41, 5.74) is 2.17. The Bertz CT molecular complexity index is 740. The first-order valence-corrected chi connectivity index (χ1v) is 9.26. The molecule has 2 saturated heterocycles. The van der Waals surface area contributed by atoms with Crippen molar-refractivity contribution in [2.75, 3.05) is 13.2 Å². The predicted molar refractivity (Wildman–Crippen MR) is 100 cm³/mol. The van der Waals surface area contributed by atoms with E-state index in [1.54, 1.807) is 0 Å². The lowest BCUT2D eigenvalue weighted by molar-refractivity contribution is -0.0392. The number of carbonyl (C=O) groups is 1. The lowest BCUT2D eigenvalue weighted by Crippen LogP contribution is -2.48. The van der Waals surface area contributed by atoms with Crippen molar-refractivity contribution in [1.82, 2.24) is 10.6 Å². The summed E-state index contributed by atoms with van der Waals surface area (Å²) in [6.45, 7) is 1.92. The van der Waals surface area contributed by atoms with E-state index in [1.165, 1.54) is 0 Å². The SMILES string of the molecule is O=C(NCc1ccccc1)N[C@@H]1CO[C@@H]2[C@@H]1OC[C@H]2OCc1ccccc1. The highest BCUT2D eigenvalue weighted by molar-refractivity contribution is 5.74. The minimum Gasteiger partial charge on any atom is -0.370 e. The number of fused-ring (bicyclic) bond motifs is 1. The minimum atomic E-state index is -0.217. The number of urea groups is 1. The molecule has 0 radical (unpaired) electrons. The van der Waals surface area contributed by atoms with Crippen LogP contribution in [0.25, 0.3) is 0 Å². The summed E-state index contributed by atoms with van der Waals surface area (Å²) in [5, 5.41) is 5.83. The zero-order valence-electron chi connectivity index (χ0n) is 15.0. The Morgan fingerprint density at radius 1 is 0.926 bits per heavy atom. The smallest absolute Gasteiger partial charge is 0.315 e. The molecule has 4 rings (SSSR count). The van der Waals surface area contributed by atoms with E-state index in [0.29, 0.717) is 26.4 Å². The second-order valence-corrected chi connectivity index (χ2v) is 6.85. The highest BCUT2D eigenvalue weighted by Gasteiger charge is 2.48. The fourth-order valence-corrected chi connectivity index (χ4v) is 3.51. The highest BCUT2D eigenvalue weighted by Crippen LogP contribution is 2.29. The van der Waals surface area contributed by atoms with Crippen molar-refractivity contribution in [2.45, 2.75) is 37.5 Å². The maximum atomic E-state index is 12.2. The molecule has 0 aliphatic carbocycles. The Morgan fingerprint density at radius 2 is 1.59 bits per heavy atom. The average molecular weight is 368 g/mol. The molecule has 6 heteroatoms. The van der Waals surface area contributed by atoms with Crippen LogP contribution in [-0.2, 0) is 27.4 Å². The van der Waals surface area contributed by atoms with Crippen molar-refractivity contribution in [2.24, 2.45) is 0 Å². The number of carbonyl (C=O) groups excluding carboxylic acids is 1. The van der Waals surface area contributed by atoms with Crippen LogP contribution in [0.2, 0.25) is 0 Å². The summed E-state index contributed by atoms with van der Waals surface area (Å²) in [6.07, 6.45) is -0.434. The molecule has 2 amide bonds. The summed E-state index contributed by atoms with van der Waals surface area (Å²) in [7, 11) is 0. The molecule has 2 heterocycles. The van der Waals surface area contributed by atoms with Gasteiger partial charge in [-0.3, -0.25) is 0 Å². The van der Waals surface area contributed by atoms with Crippen LogP contribution in [0.15, 0.2) is 60.7 Å². The number of ether oxygens (including phenoxy) is 3. The fraction of sp³-hybridized carbons (Fsp3) is 0.381. The molecule has 2 fully saturated rings. The van der Waals surface area contributed by atoms with Gasteiger partial charge in [-0.05, 0) is 11.1 Å². The van der Waals surface area contributed by atoms with Crippen molar-refractivity contribution in [3.8, 4) is 0 Å². The van der Waals surface area contributed by atoms with Gasteiger partial charge in [0.25, 0.3) is 0 Å². The standard InChI is InChI=1S/C21H24N2O4/c24-21(22-11-15-7-3-1-4-8-15)23-17-13-26-20-18(14-27-19(17)20)25-12-16-9-5-2-6-10-16/h1-10,17-20H,11-14H2,(H2,22,23,24)/t17-,18-,19-,20+/m1/s1. The fourth-order valence-electron chi connectivity index (χ4n) is 3.51. The summed E-state index contributed by atoms with van der Waals surface area (Å²) in [6, 6.07) is 19.5. The normalized spacial score (nSPS) is 26.5. The second kappa shape index (κ2) is 8.52. The van der Waals surface area contributed by atoms with E-state index in [1.807, 2.05) is 60.7 Å². The van der Waals surface area contributed by atoms with E-state index < -0.39 is 0 Å². The Balaban J connectivity index is 1.24. The van der Waals surface area contributed by atoms with Crippen molar-refractivity contribution < 1.29 is 19.0 Å². The van der Waals surface area contributed by atoms with Crippen LogP contribution in [0.4, 0.5) is 4.79 Å². The van der Waals surface area contributed by atoms with Crippen LogP contribution in [-0.4, -0.2) is 43.6 Å². The Morgan fingerprint density at radius 3 is 2.33 bits per heavy atom. The number of hydrogen-bond donors (Lipinski definition) is 2. The maximum Gasteiger partial charge on any atom is 0.315 e. The summed E-state index contributed by atoms with van der Waals surface area (Å²) in [5.74, 6) is 0. The van der Waals surface area contributed by atoms with E-state index in [0.717, 1.165) is 11.1 Å². The summed E-state index contributed by atoms with van der Waals surface area (Å²) < 4.78 is 17.7. The molecule has 4 atom stereocenters. The molecule has 6 nitrogen and oxygen atoms in total. The van der Waals surface area contributed by atoms with E-state index in [9.17, 15) is 4.79 Å². The van der Waals surface area contributed by atoms with Crippen LogP contribution in [0.1, 0.15) is 11.1 Å². The molecule has 0 spiro atoms. The molecule has 142 valence electrons. The summed E-state index contributed by atoms with van der Waals surface area (Å²) >= 11 is 0. The number of amides is 2. The van der Waals surface area contributed by atoms with Gasteiger partial charge in [0, 0.05) is 6.54 Å². The van der Waals surface area contributed by atoms with Crippen molar-refractivity contribution in [3.63, 3.8) is 0 Å². The molecule has 2 aliphatic heterocycles. The van der Waals surface area contributed by atoms with E-state index >= 15 is 0 Å². The third-order valence-corrected chi connectivity index (χ3v) is 4.93. The molecule has 2 aromatic carbocycles. The van der Waals surface area contributed by atoms with Gasteiger partial charge in [0.1, 0.15) is 18.3 Å². The van der Waals surface area contributed by atoms with Gasteiger partial charge < -0.3 is 24.8 Å². The number of benzene rings is 2. The molecule has 2 aliphatic rings. The molecule has 0 unspecified atom stereocenters. The number of hydrogen-bond acceptors (Lipinski definition) is 4. The summed E-state index contributed by atoms with van der Waals surface area (Å²) in [4.78, 5) is 12.2. The topological polar surface area (TPSA) is 68.8 Å². The molecule has 27 heavy (non-hydrogen) atoms. The number of rotatable bonds is 6.